The highest BCUT2D eigenvalue weighted by Gasteiger charge is 2.24. The van der Waals surface area contributed by atoms with E-state index in [1.165, 1.54) is 5.56 Å². The number of aliphatic hydroxyl groups is 1. The normalized spacial score (nSPS) is 20.3. The van der Waals surface area contributed by atoms with E-state index < -0.39 is 0 Å². The summed E-state index contributed by atoms with van der Waals surface area (Å²) in [5.41, 5.74) is 2.43. The summed E-state index contributed by atoms with van der Waals surface area (Å²) in [5.74, 6) is 0. The quantitative estimate of drug-likeness (QED) is 0.851. The van der Waals surface area contributed by atoms with Crippen LogP contribution in [0.15, 0.2) is 21.1 Å². The molecule has 0 bridgehead atoms. The standard InChI is InChI=1S/C11H13Br2NO/c1-7-2-3-9-10(13)4-8(12)5-11(9)14(7)6-15/h4-5,7,15H,2-3,6H2,1H3. The molecule has 0 amide bonds. The van der Waals surface area contributed by atoms with E-state index in [9.17, 15) is 5.11 Å². The van der Waals surface area contributed by atoms with E-state index in [0.29, 0.717) is 6.04 Å². The lowest BCUT2D eigenvalue weighted by molar-refractivity contribution is 0.273. The molecule has 2 nitrogen and oxygen atoms in total. The number of benzene rings is 1. The van der Waals surface area contributed by atoms with Gasteiger partial charge in [-0.2, -0.15) is 0 Å². The largest absolute Gasteiger partial charge is 0.376 e. The van der Waals surface area contributed by atoms with Crippen LogP contribution < -0.4 is 4.90 Å². The first-order chi connectivity index (χ1) is 7.13. The molecule has 0 aromatic heterocycles. The van der Waals surface area contributed by atoms with E-state index in [4.69, 9.17) is 0 Å². The van der Waals surface area contributed by atoms with Crippen LogP contribution in [0.3, 0.4) is 0 Å². The fourth-order valence-electron chi connectivity index (χ4n) is 2.06. The van der Waals surface area contributed by atoms with E-state index in [1.54, 1.807) is 0 Å². The molecule has 0 radical (unpaired) electrons. The highest BCUT2D eigenvalue weighted by atomic mass is 79.9. The molecule has 15 heavy (non-hydrogen) atoms. The minimum Gasteiger partial charge on any atom is -0.376 e. The lowest BCUT2D eigenvalue weighted by atomic mass is 9.97. The molecule has 1 aliphatic rings. The highest BCUT2D eigenvalue weighted by molar-refractivity contribution is 9.11. The van der Waals surface area contributed by atoms with Crippen LogP contribution in [0.2, 0.25) is 0 Å². The Labute approximate surface area is 107 Å². The highest BCUT2D eigenvalue weighted by Crippen LogP contribution is 2.37. The van der Waals surface area contributed by atoms with E-state index in [2.05, 4.69) is 50.9 Å². The van der Waals surface area contributed by atoms with Crippen LogP contribution in [0, 0.1) is 0 Å². The molecule has 1 unspecified atom stereocenters. The summed E-state index contributed by atoms with van der Waals surface area (Å²) >= 11 is 7.05. The summed E-state index contributed by atoms with van der Waals surface area (Å²) in [7, 11) is 0. The van der Waals surface area contributed by atoms with Crippen LogP contribution in [0.1, 0.15) is 18.9 Å². The Morgan fingerprint density at radius 1 is 1.47 bits per heavy atom. The molecular formula is C11H13Br2NO. The van der Waals surface area contributed by atoms with Crippen molar-refractivity contribution < 1.29 is 5.11 Å². The maximum atomic E-state index is 9.39. The second-order valence-electron chi connectivity index (χ2n) is 3.88. The summed E-state index contributed by atoms with van der Waals surface area (Å²) in [5, 5.41) is 9.39. The number of rotatable bonds is 1. The van der Waals surface area contributed by atoms with Gasteiger partial charge in [-0.15, -0.1) is 0 Å². The SMILES string of the molecule is CC1CCc2c(Br)cc(Br)cc2N1CO. The van der Waals surface area contributed by atoms with E-state index >= 15 is 0 Å². The van der Waals surface area contributed by atoms with Crippen LogP contribution in [-0.4, -0.2) is 17.9 Å². The zero-order valence-corrected chi connectivity index (χ0v) is 11.7. The third-order valence-electron chi connectivity index (χ3n) is 2.94. The number of nitrogens with zero attached hydrogens (tertiary/aromatic N) is 1. The molecule has 0 saturated carbocycles. The first-order valence-electron chi connectivity index (χ1n) is 4.99. The topological polar surface area (TPSA) is 23.5 Å². The monoisotopic (exact) mass is 333 g/mol. The average Bonchev–Trinajstić information content (AvgIpc) is 2.17. The molecule has 1 atom stereocenters. The van der Waals surface area contributed by atoms with Gasteiger partial charge in [0.05, 0.1) is 0 Å². The van der Waals surface area contributed by atoms with Crippen molar-refractivity contribution in [2.75, 3.05) is 11.6 Å². The number of aliphatic hydroxyl groups excluding tert-OH is 1. The predicted molar refractivity (Wildman–Crippen MR) is 69.2 cm³/mol. The molecule has 2 rings (SSSR count). The Balaban J connectivity index is 2.52. The zero-order valence-electron chi connectivity index (χ0n) is 8.50. The summed E-state index contributed by atoms with van der Waals surface area (Å²) < 4.78 is 2.16. The molecule has 1 aromatic rings. The number of anilines is 1. The molecule has 82 valence electrons. The van der Waals surface area contributed by atoms with E-state index in [-0.39, 0.29) is 6.73 Å². The van der Waals surface area contributed by atoms with Gasteiger partial charge < -0.3 is 10.0 Å². The summed E-state index contributed by atoms with van der Waals surface area (Å²) in [6.45, 7) is 2.23. The number of halogens is 2. The first-order valence-corrected chi connectivity index (χ1v) is 6.57. The molecular weight excluding hydrogens is 322 g/mol. The van der Waals surface area contributed by atoms with Crippen molar-refractivity contribution in [3.63, 3.8) is 0 Å². The summed E-state index contributed by atoms with van der Waals surface area (Å²) in [4.78, 5) is 2.04. The lowest BCUT2D eigenvalue weighted by Crippen LogP contribution is -2.38. The fourth-order valence-corrected chi connectivity index (χ4v) is 3.46. The van der Waals surface area contributed by atoms with Gasteiger partial charge in [-0.05, 0) is 37.5 Å². The third kappa shape index (κ3) is 2.08. The molecule has 1 aromatic carbocycles. The van der Waals surface area contributed by atoms with Gasteiger partial charge in [-0.1, -0.05) is 31.9 Å². The van der Waals surface area contributed by atoms with Crippen molar-refractivity contribution in [1.29, 1.82) is 0 Å². The minimum absolute atomic E-state index is 0.0804. The Kier molecular flexibility index (Phi) is 3.38. The third-order valence-corrected chi connectivity index (χ3v) is 4.11. The molecule has 0 saturated heterocycles. The lowest BCUT2D eigenvalue weighted by Gasteiger charge is -2.36. The Bertz CT molecular complexity index is 381. The van der Waals surface area contributed by atoms with Crippen molar-refractivity contribution in [3.05, 3.63) is 26.6 Å². The van der Waals surface area contributed by atoms with Gasteiger partial charge >= 0.3 is 0 Å². The van der Waals surface area contributed by atoms with Gasteiger partial charge in [0.2, 0.25) is 0 Å². The van der Waals surface area contributed by atoms with Gasteiger partial charge in [0.15, 0.2) is 0 Å². The first kappa shape index (κ1) is 11.4. The second-order valence-corrected chi connectivity index (χ2v) is 5.65. The van der Waals surface area contributed by atoms with Crippen molar-refractivity contribution in [1.82, 2.24) is 0 Å². The molecule has 1 N–H and O–H groups in total. The Morgan fingerprint density at radius 3 is 2.87 bits per heavy atom. The average molecular weight is 335 g/mol. The number of hydrogen-bond acceptors (Lipinski definition) is 2. The molecule has 0 spiro atoms. The zero-order chi connectivity index (χ0) is 11.0. The van der Waals surface area contributed by atoms with Crippen molar-refractivity contribution in [2.45, 2.75) is 25.8 Å². The van der Waals surface area contributed by atoms with E-state index in [0.717, 1.165) is 27.5 Å². The summed E-state index contributed by atoms with van der Waals surface area (Å²) in [6.07, 6.45) is 2.16. The van der Waals surface area contributed by atoms with Gasteiger partial charge in [0, 0.05) is 20.7 Å². The molecule has 1 heterocycles. The molecule has 4 heteroatoms. The molecule has 0 fully saturated rings. The second kappa shape index (κ2) is 4.44. The van der Waals surface area contributed by atoms with Crippen LogP contribution in [0.25, 0.3) is 0 Å². The number of fused-ring (bicyclic) bond motifs is 1. The van der Waals surface area contributed by atoms with Crippen molar-refractivity contribution in [3.8, 4) is 0 Å². The fraction of sp³-hybridized carbons (Fsp3) is 0.455. The Hall–Kier alpha value is -0.0600. The van der Waals surface area contributed by atoms with Gasteiger partial charge in [0.1, 0.15) is 6.73 Å². The van der Waals surface area contributed by atoms with Gasteiger partial charge in [-0.3, -0.25) is 0 Å². The predicted octanol–water partition coefficient (Wildman–Crippen LogP) is 3.30. The maximum absolute atomic E-state index is 9.39. The van der Waals surface area contributed by atoms with Crippen LogP contribution in [0.5, 0.6) is 0 Å². The van der Waals surface area contributed by atoms with Crippen molar-refractivity contribution in [2.24, 2.45) is 0 Å². The van der Waals surface area contributed by atoms with Crippen LogP contribution >= 0.6 is 31.9 Å². The molecule has 1 aliphatic heterocycles. The smallest absolute Gasteiger partial charge is 0.115 e. The number of hydrogen-bond donors (Lipinski definition) is 1. The summed E-state index contributed by atoms with van der Waals surface area (Å²) in [6, 6.07) is 4.54. The van der Waals surface area contributed by atoms with Crippen molar-refractivity contribution >= 4 is 37.5 Å². The van der Waals surface area contributed by atoms with Crippen LogP contribution in [-0.2, 0) is 6.42 Å². The van der Waals surface area contributed by atoms with Gasteiger partial charge in [-0.25, -0.2) is 0 Å². The maximum Gasteiger partial charge on any atom is 0.115 e. The Morgan fingerprint density at radius 2 is 2.20 bits per heavy atom. The van der Waals surface area contributed by atoms with Gasteiger partial charge in [0.25, 0.3) is 0 Å². The minimum atomic E-state index is 0.0804. The molecule has 0 aliphatic carbocycles. The van der Waals surface area contributed by atoms with E-state index in [1.807, 2.05) is 4.90 Å². The van der Waals surface area contributed by atoms with Crippen LogP contribution in [0.4, 0.5) is 5.69 Å².